The van der Waals surface area contributed by atoms with E-state index in [1.165, 1.54) is 17.3 Å². The number of nitrogens with one attached hydrogen (secondary N) is 1. The number of rotatable bonds is 8. The minimum atomic E-state index is -0.155. The number of thiocarbonyl (C=S) groups is 1. The van der Waals surface area contributed by atoms with E-state index >= 15 is 0 Å². The summed E-state index contributed by atoms with van der Waals surface area (Å²) in [4.78, 5) is 17.6. The summed E-state index contributed by atoms with van der Waals surface area (Å²) in [6.07, 6.45) is 2.80. The average molecular weight is 533 g/mol. The van der Waals surface area contributed by atoms with E-state index in [1.54, 1.807) is 0 Å². The Bertz CT molecular complexity index is 992. The molecule has 2 aromatic carbocycles. The Morgan fingerprint density at radius 1 is 1.09 bits per heavy atom. The lowest BCUT2D eigenvalue weighted by Gasteiger charge is -2.34. The molecule has 2 saturated heterocycles. The molecule has 1 N–H and O–H groups in total. The maximum Gasteiger partial charge on any atom is 0.263 e. The minimum absolute atomic E-state index is 0.155. The van der Waals surface area contributed by atoms with Crippen molar-refractivity contribution in [3.8, 4) is 5.75 Å². The minimum Gasteiger partial charge on any atom is -0.493 e. The lowest BCUT2D eigenvalue weighted by atomic mass is 10.2. The topological polar surface area (TPSA) is 44.8 Å². The van der Waals surface area contributed by atoms with Gasteiger partial charge in [-0.15, -0.1) is 0 Å². The number of carbonyl (C=O) groups is 1. The molecule has 0 saturated carbocycles. The summed E-state index contributed by atoms with van der Waals surface area (Å²) in [5.74, 6) is 0.622. The third-order valence-corrected chi connectivity index (χ3v) is 7.15. The highest BCUT2D eigenvalue weighted by Gasteiger charge is 2.22. The van der Waals surface area contributed by atoms with Gasteiger partial charge in [-0.25, -0.2) is 0 Å². The molecule has 1 amide bonds. The number of hydrogen-bond donors (Lipinski definition) is 1. The van der Waals surface area contributed by atoms with E-state index in [2.05, 4.69) is 61.4 Å². The van der Waals surface area contributed by atoms with E-state index in [-0.39, 0.29) is 5.91 Å². The maximum absolute atomic E-state index is 12.0. The zero-order valence-corrected chi connectivity index (χ0v) is 21.0. The van der Waals surface area contributed by atoms with Crippen molar-refractivity contribution in [2.24, 2.45) is 0 Å². The molecule has 0 spiro atoms. The van der Waals surface area contributed by atoms with Crippen molar-refractivity contribution in [2.75, 3.05) is 39.3 Å². The van der Waals surface area contributed by atoms with Crippen LogP contribution in [0.4, 0.5) is 0 Å². The van der Waals surface area contributed by atoms with Crippen molar-refractivity contribution in [1.29, 1.82) is 0 Å². The van der Waals surface area contributed by atoms with E-state index in [1.807, 2.05) is 24.3 Å². The normalized spacial score (nSPS) is 18.8. The van der Waals surface area contributed by atoms with Crippen LogP contribution in [0.15, 0.2) is 57.9 Å². The summed E-state index contributed by atoms with van der Waals surface area (Å²) >= 11 is 9.86. The highest BCUT2D eigenvalue weighted by atomic mass is 79.9. The van der Waals surface area contributed by atoms with Gasteiger partial charge in [-0.05, 0) is 36.3 Å². The van der Waals surface area contributed by atoms with Gasteiger partial charge in [0.1, 0.15) is 10.1 Å². The van der Waals surface area contributed by atoms with E-state index in [0.29, 0.717) is 15.8 Å². The van der Waals surface area contributed by atoms with Crippen LogP contribution in [0.5, 0.6) is 5.75 Å². The largest absolute Gasteiger partial charge is 0.493 e. The number of piperazine rings is 1. The van der Waals surface area contributed by atoms with Gasteiger partial charge in [0.2, 0.25) is 0 Å². The molecule has 168 valence electrons. The molecule has 0 bridgehead atoms. The first-order valence-electron chi connectivity index (χ1n) is 10.7. The fourth-order valence-electron chi connectivity index (χ4n) is 3.81. The Morgan fingerprint density at radius 3 is 2.56 bits per heavy atom. The zero-order valence-electron chi connectivity index (χ0n) is 17.8. The molecular formula is C24H26BrN3O2S2. The van der Waals surface area contributed by atoms with Crippen LogP contribution in [-0.2, 0) is 11.3 Å². The third-order valence-electron chi connectivity index (χ3n) is 5.49. The molecule has 8 heteroatoms. The molecule has 2 aliphatic rings. The highest BCUT2D eigenvalue weighted by molar-refractivity contribution is 9.10. The van der Waals surface area contributed by atoms with Crippen molar-refractivity contribution in [2.45, 2.75) is 13.0 Å². The molecule has 0 atom stereocenters. The summed E-state index contributed by atoms with van der Waals surface area (Å²) in [6, 6.07) is 16.5. The molecule has 32 heavy (non-hydrogen) atoms. The molecule has 0 radical (unpaired) electrons. The number of nitrogens with zero attached hydrogens (tertiary/aromatic N) is 2. The predicted octanol–water partition coefficient (Wildman–Crippen LogP) is 4.52. The fourth-order valence-corrected chi connectivity index (χ4v) is 5.22. The van der Waals surface area contributed by atoms with Crippen LogP contribution < -0.4 is 10.1 Å². The van der Waals surface area contributed by atoms with Crippen molar-refractivity contribution >= 4 is 56.2 Å². The lowest BCUT2D eigenvalue weighted by molar-refractivity contribution is -0.115. The Hall–Kier alpha value is -1.71. The van der Waals surface area contributed by atoms with Crippen molar-refractivity contribution in [3.05, 3.63) is 69.0 Å². The van der Waals surface area contributed by atoms with E-state index in [0.717, 1.165) is 61.5 Å². The monoisotopic (exact) mass is 531 g/mol. The van der Waals surface area contributed by atoms with Crippen LogP contribution in [-0.4, -0.2) is 59.4 Å². The van der Waals surface area contributed by atoms with Crippen LogP contribution in [0, 0.1) is 0 Å². The molecule has 5 nitrogen and oxygen atoms in total. The molecule has 0 aromatic heterocycles. The highest BCUT2D eigenvalue weighted by Crippen LogP contribution is 2.31. The first kappa shape index (κ1) is 23.4. The van der Waals surface area contributed by atoms with Gasteiger partial charge in [-0.1, -0.05) is 70.2 Å². The Labute approximate surface area is 207 Å². The van der Waals surface area contributed by atoms with Gasteiger partial charge >= 0.3 is 0 Å². The first-order valence-corrected chi connectivity index (χ1v) is 12.7. The molecular weight excluding hydrogens is 506 g/mol. The van der Waals surface area contributed by atoms with Crippen molar-refractivity contribution < 1.29 is 9.53 Å². The second kappa shape index (κ2) is 11.4. The Morgan fingerprint density at radius 2 is 1.84 bits per heavy atom. The van der Waals surface area contributed by atoms with Crippen molar-refractivity contribution in [3.63, 3.8) is 0 Å². The second-order valence-corrected chi connectivity index (χ2v) is 10.5. The number of ether oxygens (including phenoxy) is 1. The van der Waals surface area contributed by atoms with E-state index in [9.17, 15) is 4.79 Å². The van der Waals surface area contributed by atoms with Crippen LogP contribution in [0.3, 0.4) is 0 Å². The van der Waals surface area contributed by atoms with Gasteiger partial charge in [0, 0.05) is 49.3 Å². The Kier molecular flexibility index (Phi) is 8.37. The van der Waals surface area contributed by atoms with E-state index in [4.69, 9.17) is 17.0 Å². The number of halogens is 1. The second-order valence-electron chi connectivity index (χ2n) is 7.84. The quantitative estimate of drug-likeness (QED) is 0.307. The van der Waals surface area contributed by atoms with Gasteiger partial charge in [-0.3, -0.25) is 9.69 Å². The molecule has 0 aliphatic carbocycles. The SMILES string of the molecule is O=C1NC(=S)S/C1=C\c1cc(Br)ccc1OCCCN1CCN(Cc2ccccc2)CC1. The van der Waals surface area contributed by atoms with Gasteiger partial charge < -0.3 is 15.0 Å². The van der Waals surface area contributed by atoms with Gasteiger partial charge in [0.05, 0.1) is 11.5 Å². The van der Waals surface area contributed by atoms with E-state index < -0.39 is 0 Å². The summed E-state index contributed by atoms with van der Waals surface area (Å²) in [6.45, 7) is 7.08. The number of carbonyl (C=O) groups excluding carboxylic acids is 1. The summed E-state index contributed by atoms with van der Waals surface area (Å²) in [5, 5.41) is 2.65. The summed E-state index contributed by atoms with van der Waals surface area (Å²) < 4.78 is 7.51. The molecule has 2 aromatic rings. The number of benzene rings is 2. The average Bonchev–Trinajstić information content (AvgIpc) is 3.11. The first-order chi connectivity index (χ1) is 15.6. The molecule has 2 aliphatic heterocycles. The molecule has 4 rings (SSSR count). The number of thioether (sulfide) groups is 1. The number of amides is 1. The molecule has 0 unspecified atom stereocenters. The summed E-state index contributed by atoms with van der Waals surface area (Å²) in [5.41, 5.74) is 2.25. The smallest absolute Gasteiger partial charge is 0.263 e. The number of hydrogen-bond acceptors (Lipinski definition) is 6. The molecule has 2 heterocycles. The summed E-state index contributed by atoms with van der Waals surface area (Å²) in [7, 11) is 0. The fraction of sp³-hybridized carbons (Fsp3) is 0.333. The Balaban J connectivity index is 1.23. The third kappa shape index (κ3) is 6.65. The van der Waals surface area contributed by atoms with Gasteiger partial charge in [0.15, 0.2) is 0 Å². The molecule has 2 fully saturated rings. The zero-order chi connectivity index (χ0) is 22.3. The van der Waals surface area contributed by atoms with Crippen LogP contribution >= 0.6 is 39.9 Å². The predicted molar refractivity (Wildman–Crippen MR) is 139 cm³/mol. The van der Waals surface area contributed by atoms with Crippen LogP contribution in [0.25, 0.3) is 6.08 Å². The standard InChI is InChI=1S/C24H26BrN3O2S2/c25-20-7-8-21(19(15-20)16-22-23(29)26-24(31)32-22)30-14-4-9-27-10-12-28(13-11-27)17-18-5-2-1-3-6-18/h1-3,5-8,15-16H,4,9-14,17H2,(H,26,29,31)/b22-16-. The van der Waals surface area contributed by atoms with Gasteiger partial charge in [0.25, 0.3) is 5.91 Å². The van der Waals surface area contributed by atoms with Crippen LogP contribution in [0.2, 0.25) is 0 Å². The van der Waals surface area contributed by atoms with Crippen LogP contribution in [0.1, 0.15) is 17.5 Å². The maximum atomic E-state index is 12.0. The lowest BCUT2D eigenvalue weighted by Crippen LogP contribution is -2.46. The van der Waals surface area contributed by atoms with Crippen molar-refractivity contribution in [1.82, 2.24) is 15.1 Å². The van der Waals surface area contributed by atoms with Gasteiger partial charge in [-0.2, -0.15) is 0 Å².